The van der Waals surface area contributed by atoms with Crippen LogP contribution in [0.15, 0.2) is 42.6 Å². The van der Waals surface area contributed by atoms with Crippen molar-refractivity contribution >= 4 is 17.7 Å². The number of anilines is 1. The predicted octanol–water partition coefficient (Wildman–Crippen LogP) is 3.27. The van der Waals surface area contributed by atoms with Crippen LogP contribution in [-0.2, 0) is 9.53 Å². The molecule has 1 fully saturated rings. The van der Waals surface area contributed by atoms with Gasteiger partial charge in [0.05, 0.1) is 17.7 Å². The van der Waals surface area contributed by atoms with E-state index in [1.165, 1.54) is 6.20 Å². The second-order valence-electron chi connectivity index (χ2n) is 8.18. The number of ether oxygens (including phenoxy) is 2. The molecule has 1 aromatic heterocycles. The molecule has 1 aliphatic heterocycles. The van der Waals surface area contributed by atoms with Gasteiger partial charge in [-0.05, 0) is 43.5 Å². The first kappa shape index (κ1) is 24.1. The Morgan fingerprint density at radius 3 is 2.58 bits per heavy atom. The summed E-state index contributed by atoms with van der Waals surface area (Å²) in [5.41, 5.74) is 0.831. The number of hydrogen-bond acceptors (Lipinski definition) is 7. The molecule has 0 N–H and O–H groups in total. The van der Waals surface area contributed by atoms with Crippen molar-refractivity contribution in [2.75, 3.05) is 37.7 Å². The van der Waals surface area contributed by atoms with Gasteiger partial charge in [-0.3, -0.25) is 4.79 Å². The van der Waals surface area contributed by atoms with Gasteiger partial charge in [0, 0.05) is 32.4 Å². The van der Waals surface area contributed by atoms with Gasteiger partial charge < -0.3 is 19.3 Å². The van der Waals surface area contributed by atoms with Gasteiger partial charge in [0.25, 0.3) is 5.91 Å². The fourth-order valence-corrected chi connectivity index (χ4v) is 3.73. The Hall–Kier alpha value is -3.60. The summed E-state index contributed by atoms with van der Waals surface area (Å²) >= 11 is 0. The third kappa shape index (κ3) is 6.01. The molecule has 1 amide bonds. The Kier molecular flexibility index (Phi) is 8.25. The number of nitrogens with zero attached hydrogens (tertiary/aromatic N) is 4. The van der Waals surface area contributed by atoms with E-state index >= 15 is 0 Å². The third-order valence-electron chi connectivity index (χ3n) is 5.50. The van der Waals surface area contributed by atoms with Crippen LogP contribution in [0.3, 0.4) is 0 Å². The monoisotopic (exact) mass is 450 g/mol. The van der Waals surface area contributed by atoms with Crippen molar-refractivity contribution in [3.8, 4) is 11.8 Å². The largest absolute Gasteiger partial charge is 0.479 e. The first-order valence-corrected chi connectivity index (χ1v) is 11.3. The molecule has 8 nitrogen and oxygen atoms in total. The number of pyridine rings is 1. The van der Waals surface area contributed by atoms with E-state index in [0.717, 1.165) is 18.8 Å². The molecule has 0 saturated carbocycles. The average molecular weight is 451 g/mol. The molecule has 0 aliphatic carbocycles. The summed E-state index contributed by atoms with van der Waals surface area (Å²) < 4.78 is 11.0. The zero-order valence-corrected chi connectivity index (χ0v) is 19.4. The SMILES string of the molecule is CCOC(=O)c1ccc(N2CCCN(C(=O)C(Oc3ccccc3C#N)C(C)C)CC2)nc1. The Balaban J connectivity index is 1.66. The number of benzene rings is 1. The highest BCUT2D eigenvalue weighted by molar-refractivity contribution is 5.89. The van der Waals surface area contributed by atoms with Crippen molar-refractivity contribution in [2.24, 2.45) is 5.92 Å². The van der Waals surface area contributed by atoms with Crippen molar-refractivity contribution in [1.29, 1.82) is 5.26 Å². The summed E-state index contributed by atoms with van der Waals surface area (Å²) in [6.07, 6.45) is 1.64. The lowest BCUT2D eigenvalue weighted by atomic mass is 10.1. The van der Waals surface area contributed by atoms with Gasteiger partial charge in [-0.25, -0.2) is 9.78 Å². The van der Waals surface area contributed by atoms with Crippen LogP contribution in [0.5, 0.6) is 5.75 Å². The molecular weight excluding hydrogens is 420 g/mol. The molecule has 3 rings (SSSR count). The lowest BCUT2D eigenvalue weighted by Gasteiger charge is -2.29. The van der Waals surface area contributed by atoms with E-state index < -0.39 is 6.10 Å². The van der Waals surface area contributed by atoms with Gasteiger partial charge in [0.1, 0.15) is 17.6 Å². The topological polar surface area (TPSA) is 95.8 Å². The molecule has 0 radical (unpaired) electrons. The van der Waals surface area contributed by atoms with E-state index in [1.54, 1.807) is 37.3 Å². The summed E-state index contributed by atoms with van der Waals surface area (Å²) in [6, 6.07) is 12.6. The number of amides is 1. The Labute approximate surface area is 194 Å². The van der Waals surface area contributed by atoms with E-state index in [2.05, 4.69) is 16.0 Å². The predicted molar refractivity (Wildman–Crippen MR) is 124 cm³/mol. The van der Waals surface area contributed by atoms with Crippen molar-refractivity contribution in [1.82, 2.24) is 9.88 Å². The maximum Gasteiger partial charge on any atom is 0.339 e. The Morgan fingerprint density at radius 2 is 1.91 bits per heavy atom. The summed E-state index contributed by atoms with van der Waals surface area (Å²) in [7, 11) is 0. The fraction of sp³-hybridized carbons (Fsp3) is 0.440. The maximum absolute atomic E-state index is 13.4. The minimum Gasteiger partial charge on any atom is -0.479 e. The molecule has 1 aliphatic rings. The molecule has 0 spiro atoms. The van der Waals surface area contributed by atoms with Crippen molar-refractivity contribution in [3.63, 3.8) is 0 Å². The van der Waals surface area contributed by atoms with Crippen molar-refractivity contribution in [2.45, 2.75) is 33.3 Å². The van der Waals surface area contributed by atoms with E-state index in [4.69, 9.17) is 9.47 Å². The number of rotatable bonds is 7. The van der Waals surface area contributed by atoms with E-state index in [-0.39, 0.29) is 17.8 Å². The molecule has 1 unspecified atom stereocenters. The quantitative estimate of drug-likeness (QED) is 0.597. The fourth-order valence-electron chi connectivity index (χ4n) is 3.73. The van der Waals surface area contributed by atoms with E-state index in [1.807, 2.05) is 24.8 Å². The van der Waals surface area contributed by atoms with Crippen LogP contribution < -0.4 is 9.64 Å². The second-order valence-corrected chi connectivity index (χ2v) is 8.18. The number of carbonyl (C=O) groups is 2. The van der Waals surface area contributed by atoms with Gasteiger partial charge in [-0.15, -0.1) is 0 Å². The molecular formula is C25H30N4O4. The molecule has 33 heavy (non-hydrogen) atoms. The average Bonchev–Trinajstić information content (AvgIpc) is 3.09. The first-order chi connectivity index (χ1) is 15.9. The third-order valence-corrected chi connectivity index (χ3v) is 5.50. The zero-order chi connectivity index (χ0) is 23.8. The smallest absolute Gasteiger partial charge is 0.339 e. The Bertz CT molecular complexity index is 1000. The molecule has 1 saturated heterocycles. The molecule has 2 heterocycles. The van der Waals surface area contributed by atoms with Crippen LogP contribution in [0.1, 0.15) is 43.1 Å². The molecule has 1 atom stereocenters. The standard InChI is InChI=1S/C25H30N4O4/c1-4-32-25(31)20-10-11-22(27-17-20)28-12-7-13-29(15-14-28)24(30)23(18(2)3)33-21-9-6-5-8-19(21)16-26/h5-6,8-11,17-18,23H,4,7,12-15H2,1-3H3. The van der Waals surface area contributed by atoms with Crippen LogP contribution >= 0.6 is 0 Å². The van der Waals surface area contributed by atoms with E-state index in [9.17, 15) is 14.9 Å². The van der Waals surface area contributed by atoms with Crippen LogP contribution in [0.4, 0.5) is 5.82 Å². The van der Waals surface area contributed by atoms with Crippen molar-refractivity contribution < 1.29 is 19.1 Å². The molecule has 174 valence electrons. The number of aromatic nitrogens is 1. The molecule has 2 aromatic rings. The summed E-state index contributed by atoms with van der Waals surface area (Å²) in [4.78, 5) is 33.6. The highest BCUT2D eigenvalue weighted by Crippen LogP contribution is 2.23. The highest BCUT2D eigenvalue weighted by Gasteiger charge is 2.31. The number of para-hydroxylation sites is 1. The highest BCUT2D eigenvalue weighted by atomic mass is 16.5. The zero-order valence-electron chi connectivity index (χ0n) is 19.4. The van der Waals surface area contributed by atoms with Gasteiger partial charge in [0.15, 0.2) is 6.10 Å². The maximum atomic E-state index is 13.4. The van der Waals surface area contributed by atoms with Gasteiger partial charge in [-0.1, -0.05) is 26.0 Å². The summed E-state index contributed by atoms with van der Waals surface area (Å²) in [5.74, 6) is 0.666. The lowest BCUT2D eigenvalue weighted by molar-refractivity contribution is -0.140. The minimum atomic E-state index is -0.673. The van der Waals surface area contributed by atoms with Crippen LogP contribution in [0.2, 0.25) is 0 Å². The van der Waals surface area contributed by atoms with Crippen molar-refractivity contribution in [3.05, 3.63) is 53.7 Å². The summed E-state index contributed by atoms with van der Waals surface area (Å²) in [5, 5.41) is 9.34. The van der Waals surface area contributed by atoms with E-state index in [0.29, 0.717) is 43.1 Å². The first-order valence-electron chi connectivity index (χ1n) is 11.3. The molecule has 0 bridgehead atoms. The van der Waals surface area contributed by atoms with Gasteiger partial charge >= 0.3 is 5.97 Å². The number of nitriles is 1. The van der Waals surface area contributed by atoms with Gasteiger partial charge in [0.2, 0.25) is 0 Å². The van der Waals surface area contributed by atoms with Crippen LogP contribution in [0, 0.1) is 17.2 Å². The number of esters is 1. The van der Waals surface area contributed by atoms with Gasteiger partial charge in [-0.2, -0.15) is 5.26 Å². The van der Waals surface area contributed by atoms with Crippen LogP contribution in [0.25, 0.3) is 0 Å². The second kappa shape index (κ2) is 11.3. The normalized spacial score (nSPS) is 14.9. The summed E-state index contributed by atoms with van der Waals surface area (Å²) in [6.45, 7) is 8.49. The molecule has 1 aromatic carbocycles. The Morgan fingerprint density at radius 1 is 1.12 bits per heavy atom. The lowest BCUT2D eigenvalue weighted by Crippen LogP contribution is -2.46. The number of hydrogen-bond donors (Lipinski definition) is 0. The molecule has 8 heteroatoms. The number of carbonyl (C=O) groups excluding carboxylic acids is 2. The van der Waals surface area contributed by atoms with Crippen LogP contribution in [-0.4, -0.2) is 60.7 Å². The minimum absolute atomic E-state index is 0.0549.